The summed E-state index contributed by atoms with van der Waals surface area (Å²) in [4.78, 5) is 0. The van der Waals surface area contributed by atoms with E-state index in [1.807, 2.05) is 0 Å². The first-order chi connectivity index (χ1) is 8.86. The van der Waals surface area contributed by atoms with Gasteiger partial charge in [0, 0.05) is 11.8 Å². The molecule has 1 rings (SSSR count). The molecule has 0 bridgehead atoms. The molecule has 2 atom stereocenters. The number of thioether (sulfide) groups is 1. The van der Waals surface area contributed by atoms with Gasteiger partial charge in [0.05, 0.1) is 5.56 Å². The van der Waals surface area contributed by atoms with Crippen molar-refractivity contribution in [2.24, 2.45) is 11.7 Å². The highest BCUT2D eigenvalue weighted by molar-refractivity contribution is 7.99. The molecule has 2 N–H and O–H groups in total. The Bertz CT molecular complexity index is 393. The van der Waals surface area contributed by atoms with Crippen molar-refractivity contribution in [1.82, 2.24) is 0 Å². The Morgan fingerprint density at radius 2 is 1.84 bits per heavy atom. The molecule has 19 heavy (non-hydrogen) atoms. The van der Waals surface area contributed by atoms with Crippen molar-refractivity contribution in [2.45, 2.75) is 32.5 Å². The second-order valence-electron chi connectivity index (χ2n) is 4.74. The Kier molecular flexibility index (Phi) is 6.20. The van der Waals surface area contributed by atoms with E-state index < -0.39 is 17.8 Å². The minimum absolute atomic E-state index is 0.187. The summed E-state index contributed by atoms with van der Waals surface area (Å²) in [5, 5.41) is 0. The van der Waals surface area contributed by atoms with Crippen molar-refractivity contribution in [3.05, 3.63) is 35.4 Å². The van der Waals surface area contributed by atoms with Gasteiger partial charge >= 0.3 is 6.18 Å². The van der Waals surface area contributed by atoms with Gasteiger partial charge in [-0.15, -0.1) is 0 Å². The van der Waals surface area contributed by atoms with E-state index in [9.17, 15) is 13.2 Å². The quantitative estimate of drug-likeness (QED) is 0.836. The van der Waals surface area contributed by atoms with Gasteiger partial charge in [0.2, 0.25) is 0 Å². The van der Waals surface area contributed by atoms with Crippen LogP contribution >= 0.6 is 11.8 Å². The third kappa shape index (κ3) is 5.07. The molecule has 1 aromatic rings. The molecule has 5 heteroatoms. The van der Waals surface area contributed by atoms with Crippen LogP contribution in [-0.2, 0) is 6.18 Å². The van der Waals surface area contributed by atoms with Crippen molar-refractivity contribution in [3.8, 4) is 0 Å². The molecule has 0 fully saturated rings. The van der Waals surface area contributed by atoms with Crippen molar-refractivity contribution in [2.75, 3.05) is 11.5 Å². The predicted molar refractivity (Wildman–Crippen MR) is 75.2 cm³/mol. The molecule has 1 aromatic carbocycles. The Morgan fingerprint density at radius 1 is 1.21 bits per heavy atom. The molecule has 2 unspecified atom stereocenters. The average Bonchev–Trinajstić information content (AvgIpc) is 2.37. The van der Waals surface area contributed by atoms with Crippen LogP contribution in [0.2, 0.25) is 0 Å². The van der Waals surface area contributed by atoms with E-state index in [0.29, 0.717) is 11.7 Å². The maximum atomic E-state index is 12.9. The van der Waals surface area contributed by atoms with E-state index in [2.05, 4.69) is 13.8 Å². The van der Waals surface area contributed by atoms with Gasteiger partial charge in [-0.05, 0) is 23.3 Å². The number of benzene rings is 1. The first-order valence-electron chi connectivity index (χ1n) is 6.35. The molecule has 0 heterocycles. The van der Waals surface area contributed by atoms with Crippen molar-refractivity contribution < 1.29 is 13.2 Å². The lowest BCUT2D eigenvalue weighted by atomic mass is 10.0. The van der Waals surface area contributed by atoms with Crippen LogP contribution in [0.15, 0.2) is 24.3 Å². The summed E-state index contributed by atoms with van der Waals surface area (Å²) in [5.74, 6) is 2.01. The van der Waals surface area contributed by atoms with Crippen LogP contribution in [-0.4, -0.2) is 11.5 Å². The van der Waals surface area contributed by atoms with Gasteiger partial charge in [0.15, 0.2) is 0 Å². The lowest BCUT2D eigenvalue weighted by Crippen LogP contribution is -2.19. The highest BCUT2D eigenvalue weighted by Crippen LogP contribution is 2.34. The van der Waals surface area contributed by atoms with Crippen LogP contribution in [0.4, 0.5) is 13.2 Å². The van der Waals surface area contributed by atoms with Gasteiger partial charge in [-0.2, -0.15) is 24.9 Å². The smallest absolute Gasteiger partial charge is 0.323 e. The van der Waals surface area contributed by atoms with Crippen LogP contribution in [0.3, 0.4) is 0 Å². The molecule has 0 aliphatic heterocycles. The topological polar surface area (TPSA) is 26.0 Å². The van der Waals surface area contributed by atoms with Crippen molar-refractivity contribution in [1.29, 1.82) is 0 Å². The summed E-state index contributed by atoms with van der Waals surface area (Å²) in [6.07, 6.45) is -3.27. The Labute approximate surface area is 116 Å². The molecule has 1 nitrogen and oxygen atoms in total. The van der Waals surface area contributed by atoms with E-state index in [0.717, 1.165) is 18.2 Å². The van der Waals surface area contributed by atoms with E-state index in [-0.39, 0.29) is 5.56 Å². The van der Waals surface area contributed by atoms with Crippen LogP contribution in [0, 0.1) is 5.92 Å². The summed E-state index contributed by atoms with van der Waals surface area (Å²) < 4.78 is 38.6. The Hall–Kier alpha value is -0.680. The minimum Gasteiger partial charge on any atom is -0.323 e. The first kappa shape index (κ1) is 16.4. The second-order valence-corrected chi connectivity index (χ2v) is 5.82. The van der Waals surface area contributed by atoms with Gasteiger partial charge in [-0.25, -0.2) is 0 Å². The minimum atomic E-state index is -4.34. The molecule has 0 amide bonds. The predicted octanol–water partition coefficient (Wildman–Crippen LogP) is 4.48. The van der Waals surface area contributed by atoms with Crippen molar-refractivity contribution >= 4 is 11.8 Å². The molecule has 0 spiro atoms. The molecular formula is C14H20F3NS. The van der Waals surface area contributed by atoms with Gasteiger partial charge in [-0.1, -0.05) is 38.5 Å². The molecule has 0 radical (unpaired) electrons. The fourth-order valence-corrected chi connectivity index (χ4v) is 2.89. The third-order valence-electron chi connectivity index (χ3n) is 3.06. The zero-order chi connectivity index (χ0) is 14.5. The zero-order valence-electron chi connectivity index (χ0n) is 11.2. The van der Waals surface area contributed by atoms with E-state index in [1.165, 1.54) is 12.1 Å². The fraction of sp³-hybridized carbons (Fsp3) is 0.571. The van der Waals surface area contributed by atoms with Crippen LogP contribution in [0.5, 0.6) is 0 Å². The molecule has 0 saturated carbocycles. The Morgan fingerprint density at radius 3 is 2.42 bits per heavy atom. The number of halogens is 3. The normalized spacial score (nSPS) is 15.3. The fourth-order valence-electron chi connectivity index (χ4n) is 1.68. The van der Waals surface area contributed by atoms with Crippen LogP contribution in [0.25, 0.3) is 0 Å². The number of alkyl halides is 3. The summed E-state index contributed by atoms with van der Waals surface area (Å²) >= 11 is 1.62. The summed E-state index contributed by atoms with van der Waals surface area (Å²) in [5.41, 5.74) is 5.47. The van der Waals surface area contributed by atoms with Gasteiger partial charge in [-0.3, -0.25) is 0 Å². The first-order valence-corrected chi connectivity index (χ1v) is 7.51. The number of hydrogen-bond donors (Lipinski definition) is 1. The maximum absolute atomic E-state index is 12.9. The SMILES string of the molecule is CCC(C)CSCC(N)c1ccccc1C(F)(F)F. The molecule has 0 aromatic heterocycles. The standard InChI is InChI=1S/C14H20F3NS/c1-3-10(2)8-19-9-13(18)11-6-4-5-7-12(11)14(15,16)17/h4-7,10,13H,3,8-9,18H2,1-2H3. The number of rotatable bonds is 6. The maximum Gasteiger partial charge on any atom is 0.416 e. The van der Waals surface area contributed by atoms with Crippen LogP contribution in [0.1, 0.15) is 37.4 Å². The van der Waals surface area contributed by atoms with E-state index >= 15 is 0 Å². The van der Waals surface area contributed by atoms with E-state index in [1.54, 1.807) is 17.8 Å². The van der Waals surface area contributed by atoms with Gasteiger partial charge < -0.3 is 5.73 Å². The van der Waals surface area contributed by atoms with Crippen LogP contribution < -0.4 is 5.73 Å². The molecule has 108 valence electrons. The van der Waals surface area contributed by atoms with E-state index in [4.69, 9.17) is 5.73 Å². The average molecular weight is 291 g/mol. The van der Waals surface area contributed by atoms with Crippen molar-refractivity contribution in [3.63, 3.8) is 0 Å². The van der Waals surface area contributed by atoms with Gasteiger partial charge in [0.25, 0.3) is 0 Å². The molecule has 0 aliphatic rings. The molecule has 0 aliphatic carbocycles. The zero-order valence-corrected chi connectivity index (χ0v) is 12.0. The second kappa shape index (κ2) is 7.20. The summed E-state index contributed by atoms with van der Waals surface area (Å²) in [6, 6.07) is 4.98. The largest absolute Gasteiger partial charge is 0.416 e. The number of hydrogen-bond acceptors (Lipinski definition) is 2. The lowest BCUT2D eigenvalue weighted by Gasteiger charge is -2.18. The lowest BCUT2D eigenvalue weighted by molar-refractivity contribution is -0.138. The number of nitrogens with two attached hydrogens (primary N) is 1. The third-order valence-corrected chi connectivity index (χ3v) is 4.46. The summed E-state index contributed by atoms with van der Waals surface area (Å²) in [7, 11) is 0. The van der Waals surface area contributed by atoms with Gasteiger partial charge in [0.1, 0.15) is 0 Å². The monoisotopic (exact) mass is 291 g/mol. The Balaban J connectivity index is 2.69. The highest BCUT2D eigenvalue weighted by atomic mass is 32.2. The summed E-state index contributed by atoms with van der Waals surface area (Å²) in [6.45, 7) is 4.23. The molecular weight excluding hydrogens is 271 g/mol. The molecule has 0 saturated heterocycles. The highest BCUT2D eigenvalue weighted by Gasteiger charge is 2.34.